The van der Waals surface area contributed by atoms with Crippen molar-refractivity contribution < 1.29 is 9.53 Å². The molecule has 29 heavy (non-hydrogen) atoms. The summed E-state index contributed by atoms with van der Waals surface area (Å²) in [5.74, 6) is -0.234. The molecule has 0 aliphatic rings. The highest BCUT2D eigenvalue weighted by Gasteiger charge is 2.14. The van der Waals surface area contributed by atoms with Crippen molar-refractivity contribution in [2.75, 3.05) is 11.9 Å². The maximum Gasteiger partial charge on any atom is 0.247 e. The van der Waals surface area contributed by atoms with Crippen LogP contribution in [-0.2, 0) is 16.3 Å². The Labute approximate surface area is 172 Å². The minimum atomic E-state index is -1.11. The molecule has 7 heteroatoms. The number of aryl methyl sites for hydroxylation is 1. The van der Waals surface area contributed by atoms with Crippen LogP contribution in [0.1, 0.15) is 5.69 Å². The van der Waals surface area contributed by atoms with Gasteiger partial charge in [-0.2, -0.15) is 5.10 Å². The zero-order valence-electron chi connectivity index (χ0n) is 17.5. The van der Waals surface area contributed by atoms with Crippen LogP contribution in [0.2, 0.25) is 25.7 Å². The summed E-state index contributed by atoms with van der Waals surface area (Å²) >= 11 is 0. The molecule has 1 amide bonds. The van der Waals surface area contributed by atoms with E-state index in [-0.39, 0.29) is 5.91 Å². The molecule has 0 atom stereocenters. The van der Waals surface area contributed by atoms with E-state index in [0.29, 0.717) is 6.73 Å². The Morgan fingerprint density at radius 3 is 2.79 bits per heavy atom. The standard InChI is InChI=1S/C22H28N4O2Si/c1-6-21(27)24-19-9-7-8-17(12-19)18-13-20-16(2)25-26(22(20)23-14-18)15-28-10-11-29(3,4)5/h6-9,12-14H,1,10-11,15H2,2-5H3,(H,24,27). The molecule has 1 N–H and O–H groups in total. The molecule has 0 saturated carbocycles. The lowest BCUT2D eigenvalue weighted by atomic mass is 10.1. The lowest BCUT2D eigenvalue weighted by Gasteiger charge is -2.15. The first kappa shape index (κ1) is 20.9. The lowest BCUT2D eigenvalue weighted by Crippen LogP contribution is -2.22. The van der Waals surface area contributed by atoms with Gasteiger partial charge < -0.3 is 10.1 Å². The van der Waals surface area contributed by atoms with E-state index in [0.717, 1.165) is 46.2 Å². The number of hydrogen-bond donors (Lipinski definition) is 1. The average Bonchev–Trinajstić information content (AvgIpc) is 3.00. The second-order valence-corrected chi connectivity index (χ2v) is 13.9. The number of hydrogen-bond acceptors (Lipinski definition) is 4. The van der Waals surface area contributed by atoms with Crippen molar-refractivity contribution in [1.82, 2.24) is 14.8 Å². The Hall–Kier alpha value is -2.77. The van der Waals surface area contributed by atoms with E-state index in [1.54, 1.807) is 0 Å². The third-order valence-electron chi connectivity index (χ3n) is 4.63. The van der Waals surface area contributed by atoms with Crippen molar-refractivity contribution in [2.24, 2.45) is 0 Å². The molecule has 0 aliphatic heterocycles. The van der Waals surface area contributed by atoms with Gasteiger partial charge in [0, 0.05) is 37.5 Å². The third-order valence-corrected chi connectivity index (χ3v) is 6.33. The summed E-state index contributed by atoms with van der Waals surface area (Å²) in [6, 6.07) is 10.9. The van der Waals surface area contributed by atoms with Gasteiger partial charge in [-0.05, 0) is 42.8 Å². The monoisotopic (exact) mass is 408 g/mol. The number of ether oxygens (including phenoxy) is 1. The Kier molecular flexibility index (Phi) is 6.29. The van der Waals surface area contributed by atoms with Crippen molar-refractivity contribution in [1.29, 1.82) is 0 Å². The van der Waals surface area contributed by atoms with Crippen LogP contribution in [-0.4, -0.2) is 35.4 Å². The molecular weight excluding hydrogens is 380 g/mol. The molecule has 6 nitrogen and oxygen atoms in total. The summed E-state index contributed by atoms with van der Waals surface area (Å²) in [6.07, 6.45) is 3.08. The predicted octanol–water partition coefficient (Wildman–Crippen LogP) is 4.84. The number of anilines is 1. The maximum absolute atomic E-state index is 11.6. The molecule has 0 spiro atoms. The van der Waals surface area contributed by atoms with Gasteiger partial charge >= 0.3 is 0 Å². The summed E-state index contributed by atoms with van der Waals surface area (Å²) in [5.41, 5.74) is 4.39. The molecule has 0 unspecified atom stereocenters. The van der Waals surface area contributed by atoms with Gasteiger partial charge in [0.1, 0.15) is 6.73 Å². The Morgan fingerprint density at radius 2 is 2.07 bits per heavy atom. The van der Waals surface area contributed by atoms with E-state index in [2.05, 4.69) is 47.7 Å². The van der Waals surface area contributed by atoms with Crippen LogP contribution in [0.25, 0.3) is 22.2 Å². The van der Waals surface area contributed by atoms with Crippen LogP contribution in [0.3, 0.4) is 0 Å². The summed E-state index contributed by atoms with van der Waals surface area (Å²) in [7, 11) is -1.11. The van der Waals surface area contributed by atoms with Crippen molar-refractivity contribution in [2.45, 2.75) is 39.3 Å². The van der Waals surface area contributed by atoms with Gasteiger partial charge in [-0.15, -0.1) is 0 Å². The van der Waals surface area contributed by atoms with E-state index in [9.17, 15) is 4.79 Å². The number of pyridine rings is 1. The number of aromatic nitrogens is 3. The normalized spacial score (nSPS) is 11.6. The highest BCUT2D eigenvalue weighted by molar-refractivity contribution is 6.76. The molecule has 3 aromatic rings. The van der Waals surface area contributed by atoms with Crippen LogP contribution in [0.4, 0.5) is 5.69 Å². The number of fused-ring (bicyclic) bond motifs is 1. The van der Waals surface area contributed by atoms with E-state index in [1.165, 1.54) is 6.08 Å². The predicted molar refractivity (Wildman–Crippen MR) is 121 cm³/mol. The van der Waals surface area contributed by atoms with Gasteiger partial charge in [0.15, 0.2) is 5.65 Å². The quantitative estimate of drug-likeness (QED) is 0.329. The fourth-order valence-electron chi connectivity index (χ4n) is 2.96. The molecule has 0 aliphatic carbocycles. The SMILES string of the molecule is C=CC(=O)Nc1cccc(-c2cnc3c(c2)c(C)nn3COCC[Si](C)(C)C)c1. The van der Waals surface area contributed by atoms with Gasteiger partial charge in [-0.1, -0.05) is 38.4 Å². The molecule has 2 heterocycles. The van der Waals surface area contributed by atoms with E-state index >= 15 is 0 Å². The van der Waals surface area contributed by atoms with Crippen molar-refractivity contribution >= 4 is 30.7 Å². The Balaban J connectivity index is 1.80. The van der Waals surface area contributed by atoms with Crippen LogP contribution < -0.4 is 5.32 Å². The number of carbonyl (C=O) groups excluding carboxylic acids is 1. The molecule has 2 aromatic heterocycles. The van der Waals surface area contributed by atoms with E-state index in [4.69, 9.17) is 4.74 Å². The number of nitrogens with one attached hydrogen (secondary N) is 1. The number of amides is 1. The van der Waals surface area contributed by atoms with Crippen LogP contribution in [0.5, 0.6) is 0 Å². The smallest absolute Gasteiger partial charge is 0.247 e. The summed E-state index contributed by atoms with van der Waals surface area (Å²) in [6.45, 7) is 13.6. The molecular formula is C22H28N4O2Si. The first-order chi connectivity index (χ1) is 13.8. The van der Waals surface area contributed by atoms with Gasteiger partial charge in [0.05, 0.1) is 5.69 Å². The van der Waals surface area contributed by atoms with E-state index < -0.39 is 8.07 Å². The van der Waals surface area contributed by atoms with Gasteiger partial charge in [-0.25, -0.2) is 9.67 Å². The zero-order chi connectivity index (χ0) is 21.0. The Morgan fingerprint density at radius 1 is 1.28 bits per heavy atom. The molecule has 0 saturated heterocycles. The number of benzene rings is 1. The zero-order valence-corrected chi connectivity index (χ0v) is 18.5. The molecule has 0 radical (unpaired) electrons. The number of nitrogens with zero attached hydrogens (tertiary/aromatic N) is 3. The fourth-order valence-corrected chi connectivity index (χ4v) is 3.72. The van der Waals surface area contributed by atoms with Crippen molar-refractivity contribution in [3.63, 3.8) is 0 Å². The molecule has 152 valence electrons. The maximum atomic E-state index is 11.6. The van der Waals surface area contributed by atoms with Gasteiger partial charge in [-0.3, -0.25) is 4.79 Å². The first-order valence-electron chi connectivity index (χ1n) is 9.71. The fraction of sp³-hybridized carbons (Fsp3) is 0.318. The minimum Gasteiger partial charge on any atom is -0.359 e. The second-order valence-electron chi connectivity index (χ2n) is 8.30. The number of rotatable bonds is 8. The van der Waals surface area contributed by atoms with Crippen LogP contribution in [0, 0.1) is 6.92 Å². The van der Waals surface area contributed by atoms with E-state index in [1.807, 2.05) is 42.1 Å². The Bertz CT molecular complexity index is 1040. The highest BCUT2D eigenvalue weighted by Crippen LogP contribution is 2.26. The summed E-state index contributed by atoms with van der Waals surface area (Å²) in [4.78, 5) is 16.2. The molecule has 1 aromatic carbocycles. The topological polar surface area (TPSA) is 69.0 Å². The number of carbonyl (C=O) groups is 1. The highest BCUT2D eigenvalue weighted by atomic mass is 28.3. The summed E-state index contributed by atoms with van der Waals surface area (Å²) < 4.78 is 7.66. The van der Waals surface area contributed by atoms with Gasteiger partial charge in [0.25, 0.3) is 0 Å². The first-order valence-corrected chi connectivity index (χ1v) is 13.4. The third kappa shape index (κ3) is 5.39. The van der Waals surface area contributed by atoms with Crippen LogP contribution in [0.15, 0.2) is 49.2 Å². The van der Waals surface area contributed by atoms with Crippen molar-refractivity contribution in [3.8, 4) is 11.1 Å². The summed E-state index contributed by atoms with van der Waals surface area (Å²) in [5, 5.41) is 8.38. The average molecular weight is 409 g/mol. The second kappa shape index (κ2) is 8.71. The largest absolute Gasteiger partial charge is 0.359 e. The molecule has 0 bridgehead atoms. The lowest BCUT2D eigenvalue weighted by molar-refractivity contribution is -0.111. The van der Waals surface area contributed by atoms with Crippen LogP contribution >= 0.6 is 0 Å². The molecule has 3 rings (SSSR count). The van der Waals surface area contributed by atoms with Gasteiger partial charge in [0.2, 0.25) is 5.91 Å². The molecule has 0 fully saturated rings. The van der Waals surface area contributed by atoms with Crippen molar-refractivity contribution in [3.05, 3.63) is 54.9 Å². The minimum absolute atomic E-state index is 0.234.